The Hall–Kier alpha value is -0.120. The maximum Gasteiger partial charge on any atom is 0.0600 e. The fourth-order valence-electron chi connectivity index (χ4n) is 2.44. The molecule has 1 saturated carbocycles. The molecular weight excluding hydrogens is 202 g/mol. The van der Waals surface area contributed by atoms with Gasteiger partial charge in [0.25, 0.3) is 0 Å². The maximum atomic E-state index is 9.13. The Bertz CT molecular complexity index is 175. The van der Waals surface area contributed by atoms with Crippen molar-refractivity contribution in [3.05, 3.63) is 0 Å². The molecule has 16 heavy (non-hydrogen) atoms. The van der Waals surface area contributed by atoms with Gasteiger partial charge in [-0.3, -0.25) is 0 Å². The Labute approximate surface area is 99.6 Å². The van der Waals surface area contributed by atoms with Gasteiger partial charge < -0.3 is 15.2 Å². The molecule has 3 atom stereocenters. The second-order valence-corrected chi connectivity index (χ2v) is 4.90. The predicted octanol–water partition coefficient (Wildman–Crippen LogP) is 1.94. The van der Waals surface area contributed by atoms with E-state index in [1.54, 1.807) is 0 Å². The summed E-state index contributed by atoms with van der Waals surface area (Å²) in [4.78, 5) is 0. The number of ether oxygens (including phenoxy) is 1. The third-order valence-electron chi connectivity index (χ3n) is 3.54. The lowest BCUT2D eigenvalue weighted by atomic mass is 9.88. The molecule has 0 aliphatic heterocycles. The van der Waals surface area contributed by atoms with Crippen LogP contribution >= 0.6 is 0 Å². The lowest BCUT2D eigenvalue weighted by Crippen LogP contribution is -2.34. The largest absolute Gasteiger partial charge is 0.395 e. The molecule has 1 aliphatic rings. The number of hydrogen-bond acceptors (Lipinski definition) is 3. The molecule has 0 radical (unpaired) electrons. The Kier molecular flexibility index (Phi) is 7.01. The van der Waals surface area contributed by atoms with E-state index in [-0.39, 0.29) is 12.6 Å². The van der Waals surface area contributed by atoms with E-state index in [1.807, 2.05) is 0 Å². The molecule has 0 saturated heterocycles. The predicted molar refractivity (Wildman–Crippen MR) is 66.5 cm³/mol. The van der Waals surface area contributed by atoms with E-state index in [9.17, 15) is 0 Å². The Balaban J connectivity index is 2.13. The zero-order valence-electron chi connectivity index (χ0n) is 10.7. The van der Waals surface area contributed by atoms with Crippen molar-refractivity contribution in [2.75, 3.05) is 19.8 Å². The van der Waals surface area contributed by atoms with Crippen LogP contribution in [0.4, 0.5) is 0 Å². The van der Waals surface area contributed by atoms with Crippen molar-refractivity contribution < 1.29 is 9.84 Å². The summed E-state index contributed by atoms with van der Waals surface area (Å²) in [5.74, 6) is 0.709. The fourth-order valence-corrected chi connectivity index (χ4v) is 2.44. The molecule has 2 N–H and O–H groups in total. The van der Waals surface area contributed by atoms with Gasteiger partial charge in [-0.05, 0) is 31.7 Å². The average molecular weight is 229 g/mol. The lowest BCUT2D eigenvalue weighted by Gasteiger charge is -2.29. The highest BCUT2D eigenvalue weighted by molar-refractivity contribution is 4.73. The van der Waals surface area contributed by atoms with E-state index in [4.69, 9.17) is 9.84 Å². The SMILES string of the molecule is CCNC(CO)CCOC1CCCCC1C. The summed E-state index contributed by atoms with van der Waals surface area (Å²) in [6.07, 6.45) is 6.55. The van der Waals surface area contributed by atoms with E-state index < -0.39 is 0 Å². The Morgan fingerprint density at radius 3 is 2.75 bits per heavy atom. The first-order valence-corrected chi connectivity index (χ1v) is 6.73. The molecule has 0 aromatic carbocycles. The van der Waals surface area contributed by atoms with Gasteiger partial charge in [0.15, 0.2) is 0 Å². The van der Waals surface area contributed by atoms with Gasteiger partial charge in [0.1, 0.15) is 0 Å². The Morgan fingerprint density at radius 1 is 1.38 bits per heavy atom. The van der Waals surface area contributed by atoms with Crippen molar-refractivity contribution in [3.63, 3.8) is 0 Å². The number of rotatable bonds is 7. The second-order valence-electron chi connectivity index (χ2n) is 4.90. The second kappa shape index (κ2) is 8.04. The minimum atomic E-state index is 0.198. The summed E-state index contributed by atoms with van der Waals surface area (Å²) in [5.41, 5.74) is 0. The number of aliphatic hydroxyl groups excluding tert-OH is 1. The van der Waals surface area contributed by atoms with Crippen LogP contribution in [-0.4, -0.2) is 37.0 Å². The van der Waals surface area contributed by atoms with Crippen molar-refractivity contribution in [2.45, 2.75) is 58.1 Å². The topological polar surface area (TPSA) is 41.5 Å². The zero-order valence-corrected chi connectivity index (χ0v) is 10.7. The molecular formula is C13H27NO2. The molecule has 0 bridgehead atoms. The highest BCUT2D eigenvalue weighted by Gasteiger charge is 2.21. The quantitative estimate of drug-likeness (QED) is 0.701. The van der Waals surface area contributed by atoms with Gasteiger partial charge in [-0.2, -0.15) is 0 Å². The molecule has 96 valence electrons. The van der Waals surface area contributed by atoms with Gasteiger partial charge in [-0.1, -0.05) is 26.7 Å². The van der Waals surface area contributed by atoms with Crippen LogP contribution in [0.1, 0.15) is 46.0 Å². The molecule has 3 unspecified atom stereocenters. The molecule has 0 aromatic rings. The zero-order chi connectivity index (χ0) is 11.8. The molecule has 3 nitrogen and oxygen atoms in total. The molecule has 0 aromatic heterocycles. The summed E-state index contributed by atoms with van der Waals surface area (Å²) in [6.45, 7) is 6.24. The minimum Gasteiger partial charge on any atom is -0.395 e. The monoisotopic (exact) mass is 229 g/mol. The van der Waals surface area contributed by atoms with Crippen LogP contribution < -0.4 is 5.32 Å². The summed E-state index contributed by atoms with van der Waals surface area (Å²) in [5, 5.41) is 12.4. The fraction of sp³-hybridized carbons (Fsp3) is 1.00. The summed E-state index contributed by atoms with van der Waals surface area (Å²) >= 11 is 0. The summed E-state index contributed by atoms with van der Waals surface area (Å²) < 4.78 is 5.92. The van der Waals surface area contributed by atoms with Crippen molar-refractivity contribution in [1.82, 2.24) is 5.32 Å². The van der Waals surface area contributed by atoms with Crippen LogP contribution in [0.3, 0.4) is 0 Å². The van der Waals surface area contributed by atoms with Crippen LogP contribution in [0.2, 0.25) is 0 Å². The normalized spacial score (nSPS) is 27.9. The molecule has 0 amide bonds. The van der Waals surface area contributed by atoms with Crippen LogP contribution in [-0.2, 0) is 4.74 Å². The number of nitrogens with one attached hydrogen (secondary N) is 1. The van der Waals surface area contributed by atoms with E-state index >= 15 is 0 Å². The van der Waals surface area contributed by atoms with E-state index in [0.717, 1.165) is 19.6 Å². The van der Waals surface area contributed by atoms with Gasteiger partial charge >= 0.3 is 0 Å². The lowest BCUT2D eigenvalue weighted by molar-refractivity contribution is -0.0104. The third-order valence-corrected chi connectivity index (χ3v) is 3.54. The first-order chi connectivity index (χ1) is 7.77. The van der Waals surface area contributed by atoms with Crippen LogP contribution in [0.15, 0.2) is 0 Å². The third kappa shape index (κ3) is 4.81. The van der Waals surface area contributed by atoms with Crippen molar-refractivity contribution in [2.24, 2.45) is 5.92 Å². The molecule has 3 heteroatoms. The molecule has 1 rings (SSSR count). The van der Waals surface area contributed by atoms with E-state index in [1.165, 1.54) is 25.7 Å². The van der Waals surface area contributed by atoms with Gasteiger partial charge in [0, 0.05) is 12.6 Å². The van der Waals surface area contributed by atoms with E-state index in [0.29, 0.717) is 12.0 Å². The van der Waals surface area contributed by atoms with Crippen molar-refractivity contribution in [3.8, 4) is 0 Å². The molecule has 1 fully saturated rings. The average Bonchev–Trinajstić information content (AvgIpc) is 2.30. The smallest absolute Gasteiger partial charge is 0.0600 e. The number of hydrogen-bond donors (Lipinski definition) is 2. The first-order valence-electron chi connectivity index (χ1n) is 6.73. The first kappa shape index (κ1) is 13.9. The molecule has 0 spiro atoms. The maximum absolute atomic E-state index is 9.13. The molecule has 0 heterocycles. The number of likely N-dealkylation sites (N-methyl/N-ethyl adjacent to an activating group) is 1. The van der Waals surface area contributed by atoms with Gasteiger partial charge in [-0.25, -0.2) is 0 Å². The summed E-state index contributed by atoms with van der Waals surface area (Å²) in [7, 11) is 0. The van der Waals surface area contributed by atoms with Crippen LogP contribution in [0.5, 0.6) is 0 Å². The highest BCUT2D eigenvalue weighted by Crippen LogP contribution is 2.26. The standard InChI is InChI=1S/C13H27NO2/c1-3-14-12(10-15)8-9-16-13-7-5-4-6-11(13)2/h11-15H,3-10H2,1-2H3. The Morgan fingerprint density at radius 2 is 2.12 bits per heavy atom. The van der Waals surface area contributed by atoms with Crippen LogP contribution in [0, 0.1) is 5.92 Å². The van der Waals surface area contributed by atoms with Gasteiger partial charge in [-0.15, -0.1) is 0 Å². The van der Waals surface area contributed by atoms with Crippen molar-refractivity contribution >= 4 is 0 Å². The minimum absolute atomic E-state index is 0.198. The number of aliphatic hydroxyl groups is 1. The van der Waals surface area contributed by atoms with Crippen molar-refractivity contribution in [1.29, 1.82) is 0 Å². The summed E-state index contributed by atoms with van der Waals surface area (Å²) in [6, 6.07) is 0.198. The highest BCUT2D eigenvalue weighted by atomic mass is 16.5. The van der Waals surface area contributed by atoms with Gasteiger partial charge in [0.05, 0.1) is 12.7 Å². The van der Waals surface area contributed by atoms with Crippen LogP contribution in [0.25, 0.3) is 0 Å². The molecule has 1 aliphatic carbocycles. The van der Waals surface area contributed by atoms with Gasteiger partial charge in [0.2, 0.25) is 0 Å². The van der Waals surface area contributed by atoms with E-state index in [2.05, 4.69) is 19.2 Å².